The second kappa shape index (κ2) is 18.6. The average Bonchev–Trinajstić information content (AvgIpc) is 3.37. The zero-order chi connectivity index (χ0) is 43.8. The third-order valence-corrected chi connectivity index (χ3v) is 11.7. The molecule has 0 radical (unpaired) electrons. The van der Waals surface area contributed by atoms with Gasteiger partial charge in [0.15, 0.2) is 0 Å². The maximum atomic E-state index is 8.64. The molecule has 8 aromatic carbocycles. The lowest BCUT2D eigenvalue weighted by molar-refractivity contribution is -0.0805. The van der Waals surface area contributed by atoms with Gasteiger partial charge in [0.1, 0.15) is 45.7 Å². The molecule has 0 aliphatic heterocycles. The fourth-order valence-electron chi connectivity index (χ4n) is 8.46. The van der Waals surface area contributed by atoms with E-state index in [0.717, 1.165) is 67.1 Å². The van der Waals surface area contributed by atoms with Crippen molar-refractivity contribution in [3.63, 3.8) is 0 Å². The summed E-state index contributed by atoms with van der Waals surface area (Å²) in [7, 11) is 10.1. The van der Waals surface area contributed by atoms with Gasteiger partial charge in [0.2, 0.25) is 0 Å². The Hall–Kier alpha value is -7.48. The molecular weight excluding hydrogens is 785 g/mol. The molecule has 0 heterocycles. The molecule has 63 heavy (non-hydrogen) atoms. The molecule has 0 aliphatic rings. The highest BCUT2D eigenvalue weighted by atomic mass is 16.5. The number of ether oxygens (including phenoxy) is 7. The first-order chi connectivity index (χ1) is 30.9. The summed E-state index contributed by atoms with van der Waals surface area (Å²) in [5, 5.41) is 0. The number of hydrogen-bond acceptors (Lipinski definition) is 7. The summed E-state index contributed by atoms with van der Waals surface area (Å²) in [6.45, 7) is 0. The van der Waals surface area contributed by atoms with Crippen molar-refractivity contribution in [3.05, 3.63) is 228 Å². The lowest BCUT2D eigenvalue weighted by Crippen LogP contribution is -2.45. The summed E-state index contributed by atoms with van der Waals surface area (Å²) in [6.07, 6.45) is 0. The SMILES string of the molecule is COc1ccc(-c2ccccc2C(OC(c2ccc(OC)cc2)(c2ccc(OC)cc2)c2ccccc2-c2ccc(OC)cc2)(c2ccc(OC)cc2)c2ccc(OC)cc2)cc1. The molecule has 8 aromatic rings. The van der Waals surface area contributed by atoms with E-state index in [1.807, 2.05) is 72.8 Å². The molecule has 0 saturated carbocycles. The van der Waals surface area contributed by atoms with Crippen LogP contribution in [0.1, 0.15) is 33.4 Å². The minimum absolute atomic E-state index is 0.715. The fourth-order valence-corrected chi connectivity index (χ4v) is 8.46. The van der Waals surface area contributed by atoms with Crippen LogP contribution < -0.4 is 28.4 Å². The van der Waals surface area contributed by atoms with Crippen LogP contribution in [0, 0.1) is 0 Å². The summed E-state index contributed by atoms with van der Waals surface area (Å²) in [4.78, 5) is 0. The van der Waals surface area contributed by atoms with Gasteiger partial charge in [-0.1, -0.05) is 121 Å². The zero-order valence-electron chi connectivity index (χ0n) is 36.3. The lowest BCUT2D eigenvalue weighted by Gasteiger charge is -2.47. The Kier molecular flexibility index (Phi) is 12.5. The first kappa shape index (κ1) is 42.2. The molecule has 0 aromatic heterocycles. The molecule has 316 valence electrons. The Morgan fingerprint density at radius 3 is 0.714 bits per heavy atom. The van der Waals surface area contributed by atoms with Gasteiger partial charge in [0.05, 0.1) is 42.7 Å². The van der Waals surface area contributed by atoms with Gasteiger partial charge in [0, 0.05) is 11.1 Å². The lowest BCUT2D eigenvalue weighted by atomic mass is 9.72. The normalized spacial score (nSPS) is 11.4. The minimum Gasteiger partial charge on any atom is -0.497 e. The molecule has 0 saturated heterocycles. The standard InChI is InChI=1S/C56H50O7/c1-57-45-27-15-39(16-28-45)51-11-7-9-13-53(51)55(41-19-31-47(59-3)32-20-41,42-21-33-48(60-4)34-22-42)63-56(43-23-35-49(61-5)36-24-43,44-25-37-50(62-6)38-26-44)54-14-10-8-12-52(54)40-17-29-46(58-2)30-18-40/h7-38H,1-6H3. The van der Waals surface area contributed by atoms with Crippen LogP contribution in [0.4, 0.5) is 0 Å². The van der Waals surface area contributed by atoms with Gasteiger partial charge in [-0.15, -0.1) is 0 Å². The predicted molar refractivity (Wildman–Crippen MR) is 250 cm³/mol. The largest absolute Gasteiger partial charge is 0.497 e. The summed E-state index contributed by atoms with van der Waals surface area (Å²) in [5.74, 6) is 4.38. The van der Waals surface area contributed by atoms with E-state index >= 15 is 0 Å². The van der Waals surface area contributed by atoms with Crippen molar-refractivity contribution in [1.82, 2.24) is 0 Å². The Bertz CT molecular complexity index is 2440. The molecule has 0 atom stereocenters. The Labute approximate surface area is 370 Å². The van der Waals surface area contributed by atoms with Crippen LogP contribution in [-0.4, -0.2) is 42.7 Å². The van der Waals surface area contributed by atoms with Gasteiger partial charge < -0.3 is 33.2 Å². The molecule has 0 spiro atoms. The van der Waals surface area contributed by atoms with E-state index in [9.17, 15) is 0 Å². The molecule has 7 heteroatoms. The molecular formula is C56H50O7. The summed E-state index contributed by atoms with van der Waals surface area (Å²) >= 11 is 0. The molecule has 0 fully saturated rings. The van der Waals surface area contributed by atoms with Crippen LogP contribution >= 0.6 is 0 Å². The van der Waals surface area contributed by atoms with Crippen LogP contribution in [0.3, 0.4) is 0 Å². The first-order valence-electron chi connectivity index (χ1n) is 20.7. The Morgan fingerprint density at radius 2 is 0.476 bits per heavy atom. The second-order valence-corrected chi connectivity index (χ2v) is 14.9. The van der Waals surface area contributed by atoms with Gasteiger partial charge in [0.25, 0.3) is 0 Å². The van der Waals surface area contributed by atoms with Crippen molar-refractivity contribution < 1.29 is 33.2 Å². The third-order valence-electron chi connectivity index (χ3n) is 11.7. The van der Waals surface area contributed by atoms with Gasteiger partial charge in [-0.3, -0.25) is 0 Å². The van der Waals surface area contributed by atoms with Crippen molar-refractivity contribution in [1.29, 1.82) is 0 Å². The summed E-state index contributed by atoms with van der Waals surface area (Å²) < 4.78 is 43.0. The van der Waals surface area contributed by atoms with Crippen LogP contribution in [0.15, 0.2) is 194 Å². The van der Waals surface area contributed by atoms with Crippen LogP contribution in [0.5, 0.6) is 34.5 Å². The van der Waals surface area contributed by atoms with Crippen LogP contribution in [0.25, 0.3) is 22.3 Å². The Morgan fingerprint density at radius 1 is 0.254 bits per heavy atom. The van der Waals surface area contributed by atoms with Crippen LogP contribution in [0.2, 0.25) is 0 Å². The molecule has 0 aliphatic carbocycles. The summed E-state index contributed by atoms with van der Waals surface area (Å²) in [6, 6.07) is 65.8. The van der Waals surface area contributed by atoms with E-state index in [1.54, 1.807) is 42.7 Å². The molecule has 0 amide bonds. The topological polar surface area (TPSA) is 64.6 Å². The van der Waals surface area contributed by atoms with E-state index in [1.165, 1.54) is 0 Å². The second-order valence-electron chi connectivity index (χ2n) is 14.9. The number of hydrogen-bond donors (Lipinski definition) is 0. The fraction of sp³-hybridized carbons (Fsp3) is 0.143. The van der Waals surface area contributed by atoms with Crippen molar-refractivity contribution in [3.8, 4) is 56.8 Å². The van der Waals surface area contributed by atoms with Gasteiger partial charge in [-0.2, -0.15) is 0 Å². The van der Waals surface area contributed by atoms with Crippen molar-refractivity contribution in [2.75, 3.05) is 42.7 Å². The predicted octanol–water partition coefficient (Wildman–Crippen LogP) is 12.4. The highest BCUT2D eigenvalue weighted by Gasteiger charge is 2.51. The highest BCUT2D eigenvalue weighted by Crippen LogP contribution is 2.55. The number of methoxy groups -OCH3 is 6. The monoisotopic (exact) mass is 834 g/mol. The van der Waals surface area contributed by atoms with E-state index in [-0.39, 0.29) is 0 Å². The van der Waals surface area contributed by atoms with Gasteiger partial charge in [-0.05, 0) is 117 Å². The quantitative estimate of drug-likeness (QED) is 0.0898. The van der Waals surface area contributed by atoms with Gasteiger partial charge in [-0.25, -0.2) is 0 Å². The van der Waals surface area contributed by atoms with E-state index < -0.39 is 11.2 Å². The average molecular weight is 835 g/mol. The maximum Gasteiger partial charge on any atom is 0.146 e. The number of rotatable bonds is 16. The zero-order valence-corrected chi connectivity index (χ0v) is 36.3. The molecule has 0 unspecified atom stereocenters. The summed E-state index contributed by atoms with van der Waals surface area (Å²) in [5.41, 5.74) is 6.44. The maximum absolute atomic E-state index is 8.64. The third kappa shape index (κ3) is 8.07. The van der Waals surface area contributed by atoms with Crippen LogP contribution in [-0.2, 0) is 15.9 Å². The van der Waals surface area contributed by atoms with Crippen molar-refractivity contribution in [2.45, 2.75) is 11.2 Å². The first-order valence-corrected chi connectivity index (χ1v) is 20.7. The number of benzene rings is 8. The minimum atomic E-state index is -1.36. The highest BCUT2D eigenvalue weighted by molar-refractivity contribution is 5.75. The molecule has 0 bridgehead atoms. The smallest absolute Gasteiger partial charge is 0.146 e. The molecule has 8 rings (SSSR count). The molecule has 0 N–H and O–H groups in total. The van der Waals surface area contributed by atoms with Gasteiger partial charge >= 0.3 is 0 Å². The van der Waals surface area contributed by atoms with E-state index in [2.05, 4.69) is 121 Å². The molecule has 7 nitrogen and oxygen atoms in total. The van der Waals surface area contributed by atoms with Crippen molar-refractivity contribution in [2.24, 2.45) is 0 Å². The van der Waals surface area contributed by atoms with E-state index in [0.29, 0.717) is 23.0 Å². The van der Waals surface area contributed by atoms with E-state index in [4.69, 9.17) is 33.2 Å². The Balaban J connectivity index is 1.57. The van der Waals surface area contributed by atoms with Crippen molar-refractivity contribution >= 4 is 0 Å².